The molecule has 1 aromatic rings. The molecule has 0 unspecified atom stereocenters. The largest absolute Gasteiger partial charge is 1.00 e. The van der Waals surface area contributed by atoms with E-state index in [0.717, 1.165) is 0 Å². The van der Waals surface area contributed by atoms with Crippen molar-refractivity contribution in [1.82, 2.24) is 0 Å². The van der Waals surface area contributed by atoms with Crippen molar-refractivity contribution < 1.29 is 22.9 Å². The Hall–Kier alpha value is -0.830. The van der Waals surface area contributed by atoms with E-state index >= 15 is 0 Å². The van der Waals surface area contributed by atoms with Crippen LogP contribution in [0.1, 0.15) is 5.56 Å². The third-order valence-corrected chi connectivity index (χ3v) is 1.78. The fraction of sp³-hybridized carbons (Fsp3) is 0.273. The Morgan fingerprint density at radius 3 is 2.57 bits per heavy atom. The summed E-state index contributed by atoms with van der Waals surface area (Å²) in [6.07, 6.45) is 1.80. The molecule has 3 heteroatoms. The van der Waals surface area contributed by atoms with Crippen LogP contribution >= 0.6 is 0 Å². The number of benzene rings is 1. The quantitative estimate of drug-likeness (QED) is 0.565. The number of rotatable bonds is 5. The van der Waals surface area contributed by atoms with Crippen LogP contribution in [0.3, 0.4) is 0 Å². The Labute approximate surface area is 91.2 Å². The molecule has 0 fully saturated rings. The number of quaternary nitrogens is 1. The van der Waals surface area contributed by atoms with Gasteiger partial charge in [0.2, 0.25) is 0 Å². The summed E-state index contributed by atoms with van der Waals surface area (Å²) in [5.41, 5.74) is 5.04. The second-order valence-electron chi connectivity index (χ2n) is 3.00. The smallest absolute Gasteiger partial charge is 0.126 e. The van der Waals surface area contributed by atoms with E-state index in [1.807, 2.05) is 30.3 Å². The molecule has 0 amide bonds. The Morgan fingerprint density at radius 2 is 2.00 bits per heavy atom. The topological polar surface area (TPSA) is 36.9 Å². The zero-order valence-corrected chi connectivity index (χ0v) is 8.91. The lowest BCUT2D eigenvalue weighted by Gasteiger charge is -2.04. The first kappa shape index (κ1) is 13.2. The van der Waals surface area contributed by atoms with Gasteiger partial charge in [-0.15, -0.1) is 0 Å². The van der Waals surface area contributed by atoms with Gasteiger partial charge >= 0.3 is 0 Å². The molecular formula is C11H16ClNO. The second-order valence-corrected chi connectivity index (χ2v) is 3.00. The maximum absolute atomic E-state index is 5.44. The van der Waals surface area contributed by atoms with Crippen molar-refractivity contribution in [2.24, 2.45) is 0 Å². The summed E-state index contributed by atoms with van der Waals surface area (Å²) in [5, 5.41) is 0. The predicted molar refractivity (Wildman–Crippen MR) is 53.0 cm³/mol. The predicted octanol–water partition coefficient (Wildman–Crippen LogP) is -2.00. The second kappa shape index (κ2) is 7.56. The van der Waals surface area contributed by atoms with Gasteiger partial charge in [0, 0.05) is 0 Å². The van der Waals surface area contributed by atoms with Crippen molar-refractivity contribution in [3.8, 4) is 0 Å². The number of hydrogen-bond acceptors (Lipinski definition) is 1. The molecule has 0 bridgehead atoms. The Kier molecular flexibility index (Phi) is 7.11. The van der Waals surface area contributed by atoms with Crippen LogP contribution in [0.2, 0.25) is 0 Å². The summed E-state index contributed by atoms with van der Waals surface area (Å²) in [4.78, 5) is 0. The molecule has 0 aliphatic heterocycles. The van der Waals surface area contributed by atoms with Gasteiger partial charge in [-0.3, -0.25) is 0 Å². The molecule has 0 heterocycles. The SMILES string of the molecule is C=C[C@H]([NH3+])COCc1ccccc1.[Cl-]. The zero-order valence-electron chi connectivity index (χ0n) is 8.16. The molecule has 1 aromatic carbocycles. The minimum absolute atomic E-state index is 0. The Bertz CT molecular complexity index is 251. The standard InChI is InChI=1S/C11H15NO.ClH/c1-2-11(12)9-13-8-10-6-4-3-5-7-10;/h2-7,11H,1,8-9,12H2;1H/t11-;/m0./s1. The molecule has 14 heavy (non-hydrogen) atoms. The highest BCUT2D eigenvalue weighted by Crippen LogP contribution is 2.00. The minimum Gasteiger partial charge on any atom is -1.00 e. The zero-order chi connectivity index (χ0) is 9.52. The summed E-state index contributed by atoms with van der Waals surface area (Å²) >= 11 is 0. The molecule has 1 rings (SSSR count). The molecule has 0 saturated heterocycles. The molecule has 0 aliphatic carbocycles. The van der Waals surface area contributed by atoms with Gasteiger partial charge in [0.25, 0.3) is 0 Å². The Morgan fingerprint density at radius 1 is 1.36 bits per heavy atom. The summed E-state index contributed by atoms with van der Waals surface area (Å²) in [5.74, 6) is 0. The van der Waals surface area contributed by atoms with Crippen molar-refractivity contribution in [2.75, 3.05) is 6.61 Å². The van der Waals surface area contributed by atoms with Gasteiger partial charge in [0.05, 0.1) is 6.61 Å². The molecule has 0 saturated carbocycles. The van der Waals surface area contributed by atoms with E-state index < -0.39 is 0 Å². The fourth-order valence-electron chi connectivity index (χ4n) is 0.970. The van der Waals surface area contributed by atoms with Crippen molar-refractivity contribution in [3.63, 3.8) is 0 Å². The lowest BCUT2D eigenvalue weighted by molar-refractivity contribution is -0.410. The molecule has 0 radical (unpaired) electrons. The first-order valence-electron chi connectivity index (χ1n) is 4.40. The molecule has 2 nitrogen and oxygen atoms in total. The number of ether oxygens (including phenoxy) is 1. The highest BCUT2D eigenvalue weighted by molar-refractivity contribution is 5.13. The van der Waals surface area contributed by atoms with Gasteiger partial charge in [-0.05, 0) is 11.6 Å². The highest BCUT2D eigenvalue weighted by atomic mass is 35.5. The highest BCUT2D eigenvalue weighted by Gasteiger charge is 1.99. The number of hydrogen-bond donors (Lipinski definition) is 1. The lowest BCUT2D eigenvalue weighted by Crippen LogP contribution is -3.00. The van der Waals surface area contributed by atoms with Crippen LogP contribution in [0.25, 0.3) is 0 Å². The molecule has 0 aromatic heterocycles. The first-order valence-corrected chi connectivity index (χ1v) is 4.40. The van der Waals surface area contributed by atoms with E-state index in [1.165, 1.54) is 5.56 Å². The molecular weight excluding hydrogens is 198 g/mol. The fourth-order valence-corrected chi connectivity index (χ4v) is 0.970. The average molecular weight is 214 g/mol. The Balaban J connectivity index is 0.00000169. The van der Waals surface area contributed by atoms with Crippen LogP contribution in [0.4, 0.5) is 0 Å². The van der Waals surface area contributed by atoms with Crippen molar-refractivity contribution in [3.05, 3.63) is 48.6 Å². The normalized spacial score (nSPS) is 11.5. The van der Waals surface area contributed by atoms with E-state index in [4.69, 9.17) is 4.74 Å². The van der Waals surface area contributed by atoms with Crippen LogP contribution in [0.5, 0.6) is 0 Å². The van der Waals surface area contributed by atoms with Crippen LogP contribution in [0, 0.1) is 0 Å². The molecule has 78 valence electrons. The third-order valence-electron chi connectivity index (χ3n) is 1.78. The van der Waals surface area contributed by atoms with Crippen molar-refractivity contribution in [1.29, 1.82) is 0 Å². The van der Waals surface area contributed by atoms with E-state index in [0.29, 0.717) is 13.2 Å². The van der Waals surface area contributed by atoms with Crippen LogP contribution < -0.4 is 18.1 Å². The van der Waals surface area contributed by atoms with Crippen LogP contribution in [-0.2, 0) is 11.3 Å². The van der Waals surface area contributed by atoms with E-state index in [1.54, 1.807) is 6.08 Å². The van der Waals surface area contributed by atoms with Crippen LogP contribution in [0.15, 0.2) is 43.0 Å². The van der Waals surface area contributed by atoms with E-state index in [9.17, 15) is 0 Å². The van der Waals surface area contributed by atoms with Crippen molar-refractivity contribution >= 4 is 0 Å². The summed E-state index contributed by atoms with van der Waals surface area (Å²) in [6.45, 7) is 4.93. The number of halogens is 1. The average Bonchev–Trinajstić information content (AvgIpc) is 2.19. The van der Waals surface area contributed by atoms with E-state index in [-0.39, 0.29) is 18.4 Å². The van der Waals surface area contributed by atoms with Gasteiger partial charge in [-0.1, -0.05) is 36.9 Å². The maximum Gasteiger partial charge on any atom is 0.126 e. The molecule has 0 aliphatic rings. The minimum atomic E-state index is 0. The van der Waals surface area contributed by atoms with Gasteiger partial charge < -0.3 is 22.9 Å². The first-order chi connectivity index (χ1) is 6.33. The molecule has 3 N–H and O–H groups in total. The monoisotopic (exact) mass is 213 g/mol. The third kappa shape index (κ3) is 5.02. The molecule has 0 spiro atoms. The summed E-state index contributed by atoms with van der Waals surface area (Å²) in [6, 6.07) is 10.3. The summed E-state index contributed by atoms with van der Waals surface area (Å²) < 4.78 is 5.44. The van der Waals surface area contributed by atoms with Crippen LogP contribution in [-0.4, -0.2) is 12.6 Å². The molecule has 1 atom stereocenters. The van der Waals surface area contributed by atoms with E-state index in [2.05, 4.69) is 12.3 Å². The van der Waals surface area contributed by atoms with Gasteiger partial charge in [0.1, 0.15) is 12.6 Å². The lowest BCUT2D eigenvalue weighted by atomic mass is 10.2. The van der Waals surface area contributed by atoms with Gasteiger partial charge in [0.15, 0.2) is 0 Å². The summed E-state index contributed by atoms with van der Waals surface area (Å²) in [7, 11) is 0. The maximum atomic E-state index is 5.44. The van der Waals surface area contributed by atoms with Gasteiger partial charge in [-0.2, -0.15) is 0 Å². The van der Waals surface area contributed by atoms with Crippen molar-refractivity contribution in [2.45, 2.75) is 12.6 Å². The van der Waals surface area contributed by atoms with Gasteiger partial charge in [-0.25, -0.2) is 0 Å².